The first-order valence-electron chi connectivity index (χ1n) is 11.2. The summed E-state index contributed by atoms with van der Waals surface area (Å²) in [7, 11) is 0. The number of hydrogen-bond acceptors (Lipinski definition) is 5. The number of ether oxygens (including phenoxy) is 2. The van der Waals surface area contributed by atoms with E-state index in [9.17, 15) is 4.79 Å². The molecule has 0 N–H and O–H groups in total. The summed E-state index contributed by atoms with van der Waals surface area (Å²) in [5.74, 6) is 1.44. The van der Waals surface area contributed by atoms with Crippen molar-refractivity contribution in [3.63, 3.8) is 0 Å². The highest BCUT2D eigenvalue weighted by atomic mass is 32.1. The van der Waals surface area contributed by atoms with Gasteiger partial charge in [-0.3, -0.25) is 4.79 Å². The van der Waals surface area contributed by atoms with E-state index in [0.29, 0.717) is 24.4 Å². The van der Waals surface area contributed by atoms with Crippen LogP contribution in [0.3, 0.4) is 0 Å². The van der Waals surface area contributed by atoms with Crippen molar-refractivity contribution < 1.29 is 14.3 Å². The standard InChI is InChI=1S/C27H26N2O3S/c1-18-11-12-19(2)25-24(18)28-27(33-25)32-22-13-15-29(16-14-22)26(30)20-7-6-10-23(17-20)31-21-8-4-3-5-9-21/h3-12,17,22H,13-16H2,1-2H3. The van der Waals surface area contributed by atoms with Gasteiger partial charge in [0.1, 0.15) is 17.6 Å². The third-order valence-electron chi connectivity index (χ3n) is 5.98. The van der Waals surface area contributed by atoms with Crippen molar-refractivity contribution in [1.82, 2.24) is 9.88 Å². The van der Waals surface area contributed by atoms with Crippen molar-refractivity contribution in [2.45, 2.75) is 32.8 Å². The molecule has 6 heteroatoms. The molecule has 0 aliphatic carbocycles. The van der Waals surface area contributed by atoms with Crippen molar-refractivity contribution >= 4 is 27.5 Å². The lowest BCUT2D eigenvalue weighted by molar-refractivity contribution is 0.0595. The van der Waals surface area contributed by atoms with Crippen LogP contribution >= 0.6 is 11.3 Å². The second-order valence-corrected chi connectivity index (χ2v) is 9.37. The molecular weight excluding hydrogens is 432 g/mol. The summed E-state index contributed by atoms with van der Waals surface area (Å²) >= 11 is 1.61. The van der Waals surface area contributed by atoms with Crippen LogP contribution in [0.1, 0.15) is 34.3 Å². The quantitative estimate of drug-likeness (QED) is 0.348. The molecule has 5 rings (SSSR count). The van der Waals surface area contributed by atoms with Gasteiger partial charge in [0.2, 0.25) is 0 Å². The summed E-state index contributed by atoms with van der Waals surface area (Å²) in [6.07, 6.45) is 1.66. The van der Waals surface area contributed by atoms with Crippen molar-refractivity contribution in [3.8, 4) is 16.7 Å². The monoisotopic (exact) mass is 458 g/mol. The highest BCUT2D eigenvalue weighted by Crippen LogP contribution is 2.34. The zero-order valence-electron chi connectivity index (χ0n) is 18.8. The number of para-hydroxylation sites is 1. The summed E-state index contributed by atoms with van der Waals surface area (Å²) < 4.78 is 13.3. The van der Waals surface area contributed by atoms with Gasteiger partial charge in [0, 0.05) is 31.5 Å². The Balaban J connectivity index is 1.21. The number of benzene rings is 3. The number of aryl methyl sites for hydroxylation is 2. The maximum Gasteiger partial charge on any atom is 0.274 e. The molecule has 168 valence electrons. The van der Waals surface area contributed by atoms with E-state index < -0.39 is 0 Å². The molecule has 0 saturated carbocycles. The molecule has 5 nitrogen and oxygen atoms in total. The largest absolute Gasteiger partial charge is 0.467 e. The Labute approximate surface area is 197 Å². The van der Waals surface area contributed by atoms with Crippen LogP contribution in [0.15, 0.2) is 66.7 Å². The summed E-state index contributed by atoms with van der Waals surface area (Å²) in [5.41, 5.74) is 4.06. The third-order valence-corrected chi connectivity index (χ3v) is 7.06. The lowest BCUT2D eigenvalue weighted by Gasteiger charge is -2.31. The number of thiazole rings is 1. The van der Waals surface area contributed by atoms with E-state index in [1.165, 1.54) is 15.8 Å². The first kappa shape index (κ1) is 21.5. The number of carbonyl (C=O) groups excluding carboxylic acids is 1. The minimum atomic E-state index is 0.0261. The van der Waals surface area contributed by atoms with Gasteiger partial charge in [-0.25, -0.2) is 4.98 Å². The lowest BCUT2D eigenvalue weighted by atomic mass is 10.1. The molecule has 0 bridgehead atoms. The summed E-state index contributed by atoms with van der Waals surface area (Å²) in [4.78, 5) is 19.7. The molecule has 0 atom stereocenters. The predicted molar refractivity (Wildman–Crippen MR) is 132 cm³/mol. The van der Waals surface area contributed by atoms with Gasteiger partial charge in [-0.05, 0) is 55.3 Å². The van der Waals surface area contributed by atoms with Gasteiger partial charge >= 0.3 is 0 Å². The molecule has 1 aliphatic heterocycles. The highest BCUT2D eigenvalue weighted by molar-refractivity contribution is 7.20. The van der Waals surface area contributed by atoms with Crippen LogP contribution in [0.4, 0.5) is 0 Å². The molecule has 0 unspecified atom stereocenters. The lowest BCUT2D eigenvalue weighted by Crippen LogP contribution is -2.41. The number of fused-ring (bicyclic) bond motifs is 1. The SMILES string of the molecule is Cc1ccc(C)c2sc(OC3CCN(C(=O)c4cccc(Oc5ccccc5)c4)CC3)nc12. The van der Waals surface area contributed by atoms with Crippen LogP contribution in [-0.4, -0.2) is 35.0 Å². The summed E-state index contributed by atoms with van der Waals surface area (Å²) in [5, 5.41) is 0.720. The Morgan fingerprint density at radius 3 is 2.42 bits per heavy atom. The number of rotatable bonds is 5. The van der Waals surface area contributed by atoms with E-state index in [1.54, 1.807) is 11.3 Å². The van der Waals surface area contributed by atoms with Crippen LogP contribution < -0.4 is 9.47 Å². The second kappa shape index (κ2) is 9.24. The van der Waals surface area contributed by atoms with E-state index >= 15 is 0 Å². The fraction of sp³-hybridized carbons (Fsp3) is 0.259. The van der Waals surface area contributed by atoms with Crippen LogP contribution in [0.5, 0.6) is 16.7 Å². The molecule has 4 aromatic rings. The number of nitrogens with zero attached hydrogens (tertiary/aromatic N) is 2. The average Bonchev–Trinajstić information content (AvgIpc) is 3.27. The molecule has 3 aromatic carbocycles. The number of likely N-dealkylation sites (tertiary alicyclic amines) is 1. The normalized spacial score (nSPS) is 14.4. The Morgan fingerprint density at radius 1 is 0.939 bits per heavy atom. The second-order valence-electron chi connectivity index (χ2n) is 8.41. The van der Waals surface area contributed by atoms with E-state index in [0.717, 1.165) is 29.3 Å². The van der Waals surface area contributed by atoms with Gasteiger partial charge in [-0.2, -0.15) is 0 Å². The molecule has 1 aliphatic rings. The smallest absolute Gasteiger partial charge is 0.274 e. The molecule has 33 heavy (non-hydrogen) atoms. The minimum Gasteiger partial charge on any atom is -0.467 e. The maximum atomic E-state index is 13.1. The summed E-state index contributed by atoms with van der Waals surface area (Å²) in [6.45, 7) is 5.51. The van der Waals surface area contributed by atoms with Crippen LogP contribution in [0, 0.1) is 13.8 Å². The van der Waals surface area contributed by atoms with E-state index in [2.05, 4.69) is 26.0 Å². The zero-order valence-corrected chi connectivity index (χ0v) is 19.6. The van der Waals surface area contributed by atoms with Gasteiger partial charge in [-0.1, -0.05) is 47.7 Å². The molecule has 1 fully saturated rings. The number of carbonyl (C=O) groups is 1. The fourth-order valence-corrected chi connectivity index (χ4v) is 5.14. The van der Waals surface area contributed by atoms with Crippen molar-refractivity contribution in [3.05, 3.63) is 83.4 Å². The van der Waals surface area contributed by atoms with Crippen LogP contribution in [-0.2, 0) is 0 Å². The Bertz CT molecular complexity index is 1240. The van der Waals surface area contributed by atoms with E-state index in [-0.39, 0.29) is 12.0 Å². The number of amides is 1. The molecule has 1 saturated heterocycles. The van der Waals surface area contributed by atoms with Gasteiger partial charge in [-0.15, -0.1) is 0 Å². The first-order valence-corrected chi connectivity index (χ1v) is 12.0. The minimum absolute atomic E-state index is 0.0261. The van der Waals surface area contributed by atoms with Gasteiger partial charge in [0.25, 0.3) is 11.1 Å². The number of piperidine rings is 1. The highest BCUT2D eigenvalue weighted by Gasteiger charge is 2.26. The fourth-order valence-electron chi connectivity index (χ4n) is 4.11. The summed E-state index contributed by atoms with van der Waals surface area (Å²) in [6, 6.07) is 21.2. The van der Waals surface area contributed by atoms with Crippen LogP contribution in [0.25, 0.3) is 10.2 Å². The zero-order chi connectivity index (χ0) is 22.8. The van der Waals surface area contributed by atoms with Crippen molar-refractivity contribution in [2.75, 3.05) is 13.1 Å². The molecule has 2 heterocycles. The third kappa shape index (κ3) is 4.71. The van der Waals surface area contributed by atoms with Crippen LogP contribution in [0.2, 0.25) is 0 Å². The van der Waals surface area contributed by atoms with Crippen molar-refractivity contribution in [1.29, 1.82) is 0 Å². The molecule has 1 amide bonds. The van der Waals surface area contributed by atoms with Gasteiger partial charge in [0.05, 0.1) is 10.2 Å². The number of aromatic nitrogens is 1. The first-order chi connectivity index (χ1) is 16.1. The Morgan fingerprint density at radius 2 is 1.67 bits per heavy atom. The number of hydrogen-bond donors (Lipinski definition) is 0. The van der Waals surface area contributed by atoms with Crippen molar-refractivity contribution in [2.24, 2.45) is 0 Å². The van der Waals surface area contributed by atoms with E-state index in [1.807, 2.05) is 59.5 Å². The molecule has 1 aromatic heterocycles. The average molecular weight is 459 g/mol. The Hall–Kier alpha value is -3.38. The maximum absolute atomic E-state index is 13.1. The van der Waals surface area contributed by atoms with Gasteiger partial charge < -0.3 is 14.4 Å². The molecule has 0 radical (unpaired) electrons. The molecule has 0 spiro atoms. The predicted octanol–water partition coefficient (Wildman–Crippen LogP) is 6.39. The van der Waals surface area contributed by atoms with Gasteiger partial charge in [0.15, 0.2) is 0 Å². The topological polar surface area (TPSA) is 51.7 Å². The van der Waals surface area contributed by atoms with E-state index in [4.69, 9.17) is 14.5 Å². The molecular formula is C27H26N2O3S. The Kier molecular flexibility index (Phi) is 6.01.